The Morgan fingerprint density at radius 1 is 0.854 bits per heavy atom. The number of amides is 2. The summed E-state index contributed by atoms with van der Waals surface area (Å²) in [7, 11) is -6.13. The summed E-state index contributed by atoms with van der Waals surface area (Å²) < 4.78 is 70.1. The van der Waals surface area contributed by atoms with Crippen molar-refractivity contribution < 1.29 is 50.8 Å². The van der Waals surface area contributed by atoms with Gasteiger partial charge in [0.05, 0.1) is 22.1 Å². The Balaban J connectivity index is 1.56. The summed E-state index contributed by atoms with van der Waals surface area (Å²) in [6.45, 7) is -1.98. The number of aromatic carboxylic acids is 1. The monoisotopic (exact) mass is 1360 g/mol. The van der Waals surface area contributed by atoms with Gasteiger partial charge in [0.25, 0.3) is 11.8 Å². The molecule has 260 valence electrons. The molecular formula is C28H21F2I6N2O9S-. The molecule has 0 saturated heterocycles. The molecule has 20 heteroatoms. The minimum Gasteiger partial charge on any atom is -0.743 e. The molecule has 2 aromatic rings. The fraction of sp³-hybridized carbons (Fsp3) is 0.429. The molecule has 6 rings (SSSR count). The van der Waals surface area contributed by atoms with Crippen LogP contribution in [0.2, 0.25) is 0 Å². The van der Waals surface area contributed by atoms with Gasteiger partial charge in [-0.15, -0.1) is 0 Å². The van der Waals surface area contributed by atoms with E-state index in [1.54, 1.807) is 12.1 Å². The van der Waals surface area contributed by atoms with Gasteiger partial charge in [-0.05, 0) is 198 Å². The lowest BCUT2D eigenvalue weighted by atomic mass is 9.44. The Morgan fingerprint density at radius 3 is 1.98 bits per heavy atom. The molecule has 4 unspecified atom stereocenters. The molecule has 0 aromatic heterocycles. The standard InChI is InChI=1S/C28H22F2I6N2O9S/c29-28(30,48(44,45)46)10-47-24(43)25-4-11-5-26(7-25,37-21(39)13-1-12(31)2-15(33)19(13)35)9-27(6-11,8-25)38-22(40)18-17(23(41)42)14(32)3-16(34)20(18)36/h1-3,11H,4-10H2,(H,37,39)(H,38,40)(H,41,42)(H,44,45,46)/p-1. The summed E-state index contributed by atoms with van der Waals surface area (Å²) in [6, 6.07) is 5.24. The van der Waals surface area contributed by atoms with Crippen molar-refractivity contribution in [1.82, 2.24) is 10.6 Å². The van der Waals surface area contributed by atoms with E-state index in [0.717, 1.165) is 7.14 Å². The summed E-state index contributed by atoms with van der Waals surface area (Å²) in [5.74, 6) is -3.96. The maximum Gasteiger partial charge on any atom is 0.367 e. The quantitative estimate of drug-likeness (QED) is 0.112. The predicted octanol–water partition coefficient (Wildman–Crippen LogP) is 6.32. The Bertz CT molecular complexity index is 1900. The molecule has 4 aliphatic carbocycles. The number of hydrogen-bond acceptors (Lipinski definition) is 8. The van der Waals surface area contributed by atoms with Crippen LogP contribution in [-0.4, -0.2) is 64.8 Å². The Kier molecular flexibility index (Phi) is 11.6. The number of halogens is 8. The van der Waals surface area contributed by atoms with Crippen molar-refractivity contribution in [2.24, 2.45) is 11.3 Å². The Labute approximate surface area is 354 Å². The lowest BCUT2D eigenvalue weighted by Crippen LogP contribution is -2.74. The summed E-state index contributed by atoms with van der Waals surface area (Å²) in [5, 5.41) is 11.3. The normalized spacial score (nSPS) is 26.2. The van der Waals surface area contributed by atoms with Crippen LogP contribution >= 0.6 is 136 Å². The molecular weight excluding hydrogens is 1340 g/mol. The van der Waals surface area contributed by atoms with Gasteiger partial charge in [0.15, 0.2) is 16.7 Å². The van der Waals surface area contributed by atoms with Gasteiger partial charge >= 0.3 is 17.2 Å². The largest absolute Gasteiger partial charge is 0.743 e. The maximum atomic E-state index is 14.1. The maximum absolute atomic E-state index is 14.1. The van der Waals surface area contributed by atoms with Gasteiger partial charge in [-0.2, -0.15) is 8.78 Å². The van der Waals surface area contributed by atoms with E-state index in [4.69, 9.17) is 4.74 Å². The van der Waals surface area contributed by atoms with Gasteiger partial charge < -0.3 is 25.0 Å². The summed E-state index contributed by atoms with van der Waals surface area (Å²) >= 11 is 12.0. The van der Waals surface area contributed by atoms with Crippen LogP contribution in [0.4, 0.5) is 8.78 Å². The molecule has 4 bridgehead atoms. The number of alkyl halides is 2. The first-order chi connectivity index (χ1) is 22.0. The summed E-state index contributed by atoms with van der Waals surface area (Å²) in [4.78, 5) is 54.0. The van der Waals surface area contributed by atoms with Gasteiger partial charge in [-0.3, -0.25) is 14.4 Å². The number of rotatable bonds is 9. The average Bonchev–Trinajstić information content (AvgIpc) is 2.93. The van der Waals surface area contributed by atoms with Crippen LogP contribution in [0.25, 0.3) is 0 Å². The minimum atomic E-state index is -6.13. The highest BCUT2D eigenvalue weighted by Gasteiger charge is 2.67. The first-order valence-electron chi connectivity index (χ1n) is 13.7. The highest BCUT2D eigenvalue weighted by Crippen LogP contribution is 2.64. The zero-order chi connectivity index (χ0) is 35.8. The number of carbonyl (C=O) groups is 4. The molecule has 0 aliphatic heterocycles. The van der Waals surface area contributed by atoms with Crippen molar-refractivity contribution in [1.29, 1.82) is 0 Å². The SMILES string of the molecule is O=C(NC12CC3CC(NC(=O)c4c(I)c(I)cc(I)c4C(=O)O)(C1)CC(C(=O)OCC(F)(F)S(=O)(=O)[O-])(C3)C2)c1cc(I)cc(I)c1I. The Hall–Kier alpha value is 0.470. The van der Waals surface area contributed by atoms with Gasteiger partial charge in [-0.25, -0.2) is 13.2 Å². The topological polar surface area (TPSA) is 179 Å². The van der Waals surface area contributed by atoms with Crippen LogP contribution in [-0.2, 0) is 19.6 Å². The number of nitrogens with one attached hydrogen (secondary N) is 2. The molecule has 0 spiro atoms. The third-order valence-corrected chi connectivity index (χ3v) is 17.2. The van der Waals surface area contributed by atoms with Crippen molar-refractivity contribution in [3.05, 3.63) is 56.3 Å². The first kappa shape index (κ1) is 39.7. The fourth-order valence-electron chi connectivity index (χ4n) is 7.67. The fourth-order valence-corrected chi connectivity index (χ4v) is 12.9. The van der Waals surface area contributed by atoms with Gasteiger partial charge in [0.1, 0.15) is 0 Å². The molecule has 48 heavy (non-hydrogen) atoms. The van der Waals surface area contributed by atoms with E-state index in [9.17, 15) is 46.0 Å². The molecule has 0 heterocycles. The minimum absolute atomic E-state index is 0.0506. The third-order valence-electron chi connectivity index (χ3n) is 8.85. The van der Waals surface area contributed by atoms with E-state index in [-0.39, 0.29) is 42.7 Å². The third kappa shape index (κ3) is 7.60. The summed E-state index contributed by atoms with van der Waals surface area (Å²) in [5.41, 5.74) is -3.79. The predicted molar refractivity (Wildman–Crippen MR) is 216 cm³/mol. The molecule has 11 nitrogen and oxygen atoms in total. The van der Waals surface area contributed by atoms with Crippen LogP contribution in [0.3, 0.4) is 0 Å². The smallest absolute Gasteiger partial charge is 0.367 e. The van der Waals surface area contributed by atoms with E-state index in [1.165, 1.54) is 0 Å². The van der Waals surface area contributed by atoms with E-state index < -0.39 is 62.2 Å². The lowest BCUT2D eigenvalue weighted by Gasteiger charge is -2.65. The molecule has 2 aromatic carbocycles. The van der Waals surface area contributed by atoms with Crippen molar-refractivity contribution >= 4 is 169 Å². The zero-order valence-electron chi connectivity index (χ0n) is 23.9. The van der Waals surface area contributed by atoms with Crippen molar-refractivity contribution in [2.45, 2.75) is 54.9 Å². The molecule has 4 aliphatic rings. The van der Waals surface area contributed by atoms with E-state index >= 15 is 0 Å². The Morgan fingerprint density at radius 2 is 1.42 bits per heavy atom. The second-order valence-corrected chi connectivity index (χ2v) is 20.8. The number of carboxylic acid groups (broad SMARTS) is 1. The second-order valence-electron chi connectivity index (χ2n) is 12.4. The number of hydrogen-bond donors (Lipinski definition) is 3. The average molecular weight is 1360 g/mol. The number of carboxylic acids is 1. The summed E-state index contributed by atoms with van der Waals surface area (Å²) in [6.07, 6.45) is 0.876. The van der Waals surface area contributed by atoms with Crippen molar-refractivity contribution in [3.8, 4) is 0 Å². The molecule has 3 N–H and O–H groups in total. The highest BCUT2D eigenvalue weighted by molar-refractivity contribution is 14.1. The first-order valence-corrected chi connectivity index (χ1v) is 21.6. The van der Waals surface area contributed by atoms with Crippen LogP contribution in [0.15, 0.2) is 18.2 Å². The van der Waals surface area contributed by atoms with Crippen LogP contribution < -0.4 is 10.6 Å². The van der Waals surface area contributed by atoms with E-state index in [1.807, 2.05) is 73.8 Å². The number of carbonyl (C=O) groups excluding carboxylic acids is 3. The van der Waals surface area contributed by atoms with Gasteiger partial charge in [-0.1, -0.05) is 0 Å². The van der Waals surface area contributed by atoms with Crippen molar-refractivity contribution in [3.63, 3.8) is 0 Å². The molecule has 2 amide bonds. The van der Waals surface area contributed by atoms with Crippen LogP contribution in [0.1, 0.15) is 69.6 Å². The van der Waals surface area contributed by atoms with E-state index in [2.05, 4.69) is 78.4 Å². The second kappa shape index (κ2) is 14.0. The highest BCUT2D eigenvalue weighted by atomic mass is 127. The van der Waals surface area contributed by atoms with Crippen LogP contribution in [0, 0.1) is 32.8 Å². The molecule has 0 radical (unpaired) electrons. The van der Waals surface area contributed by atoms with Gasteiger partial charge in [0, 0.05) is 32.5 Å². The van der Waals surface area contributed by atoms with Crippen molar-refractivity contribution in [2.75, 3.05) is 6.61 Å². The molecule has 4 saturated carbocycles. The number of ether oxygens (including phenoxy) is 1. The van der Waals surface area contributed by atoms with Crippen LogP contribution in [0.5, 0.6) is 0 Å². The van der Waals surface area contributed by atoms with Gasteiger partial charge in [0.2, 0.25) is 0 Å². The van der Waals surface area contributed by atoms with E-state index in [0.29, 0.717) is 32.7 Å². The molecule has 4 atom stereocenters. The zero-order valence-corrected chi connectivity index (χ0v) is 37.7. The number of benzene rings is 2. The molecule has 4 fully saturated rings. The number of esters is 1. The lowest BCUT2D eigenvalue weighted by molar-refractivity contribution is -0.183.